The molecule has 3 nitrogen and oxygen atoms in total. The minimum atomic E-state index is -0.152. The molecule has 3 heteroatoms. The first kappa shape index (κ1) is 11.9. The third kappa shape index (κ3) is 6.58. The van der Waals surface area contributed by atoms with Crippen LogP contribution in [0.25, 0.3) is 0 Å². The van der Waals surface area contributed by atoms with E-state index < -0.39 is 0 Å². The maximum atomic E-state index is 5.48. The van der Waals surface area contributed by atoms with Gasteiger partial charge in [-0.25, -0.2) is 0 Å². The Labute approximate surface area is 76.1 Å². The summed E-state index contributed by atoms with van der Waals surface area (Å²) < 4.78 is 0. The molecule has 4 N–H and O–H groups in total. The van der Waals surface area contributed by atoms with Gasteiger partial charge in [0.05, 0.1) is 6.17 Å². The molecule has 12 heavy (non-hydrogen) atoms. The Hall–Kier alpha value is -0.120. The molecule has 0 amide bonds. The molecule has 74 valence electrons. The van der Waals surface area contributed by atoms with E-state index in [0.717, 1.165) is 13.0 Å². The molecule has 0 rings (SSSR count). The summed E-state index contributed by atoms with van der Waals surface area (Å²) in [6.07, 6.45) is 3.17. The van der Waals surface area contributed by atoms with Crippen LogP contribution in [0.4, 0.5) is 0 Å². The van der Waals surface area contributed by atoms with Gasteiger partial charge in [0, 0.05) is 6.54 Å². The first-order chi connectivity index (χ1) is 5.70. The Morgan fingerprint density at radius 3 is 1.83 bits per heavy atom. The summed E-state index contributed by atoms with van der Waals surface area (Å²) in [5, 5.41) is 0. The summed E-state index contributed by atoms with van der Waals surface area (Å²) in [5.74, 6) is 0. The highest BCUT2D eigenvalue weighted by molar-refractivity contribution is 4.59. The number of rotatable bonds is 7. The van der Waals surface area contributed by atoms with Gasteiger partial charge in [0.2, 0.25) is 0 Å². The predicted octanol–water partition coefficient (Wildman–Crippen LogP) is 0.742. The third-order valence-electron chi connectivity index (χ3n) is 1.86. The molecule has 0 aliphatic heterocycles. The highest BCUT2D eigenvalue weighted by atomic mass is 15.1. The number of nitrogens with zero attached hydrogens (tertiary/aromatic N) is 1. The largest absolute Gasteiger partial charge is 0.316 e. The highest BCUT2D eigenvalue weighted by Gasteiger charge is 2.03. The topological polar surface area (TPSA) is 55.3 Å². The van der Waals surface area contributed by atoms with Gasteiger partial charge >= 0.3 is 0 Å². The minimum absolute atomic E-state index is 0.152. The molecule has 0 spiro atoms. The monoisotopic (exact) mass is 173 g/mol. The van der Waals surface area contributed by atoms with E-state index in [2.05, 4.69) is 18.7 Å². The lowest BCUT2D eigenvalue weighted by atomic mass is 10.3. The average Bonchev–Trinajstić information content (AvgIpc) is 2.01. The summed E-state index contributed by atoms with van der Waals surface area (Å²) in [6, 6.07) is 0. The van der Waals surface area contributed by atoms with Crippen molar-refractivity contribution < 1.29 is 0 Å². The van der Waals surface area contributed by atoms with Crippen LogP contribution in [-0.4, -0.2) is 30.7 Å². The van der Waals surface area contributed by atoms with Crippen LogP contribution in [0.2, 0.25) is 0 Å². The molecule has 0 aromatic carbocycles. The van der Waals surface area contributed by atoms with Gasteiger partial charge in [0.1, 0.15) is 0 Å². The van der Waals surface area contributed by atoms with Crippen molar-refractivity contribution in [2.45, 2.75) is 39.3 Å². The molecular formula is C9H23N3. The summed E-state index contributed by atoms with van der Waals surface area (Å²) >= 11 is 0. The smallest absolute Gasteiger partial charge is 0.0533 e. The molecule has 0 heterocycles. The normalized spacial score (nSPS) is 11.5. The van der Waals surface area contributed by atoms with Crippen molar-refractivity contribution >= 4 is 0 Å². The summed E-state index contributed by atoms with van der Waals surface area (Å²) in [6.45, 7) is 7.77. The molecule has 0 aromatic rings. The van der Waals surface area contributed by atoms with E-state index in [1.165, 1.54) is 25.9 Å². The second kappa shape index (κ2) is 7.53. The van der Waals surface area contributed by atoms with Gasteiger partial charge in [-0.3, -0.25) is 0 Å². The van der Waals surface area contributed by atoms with Crippen molar-refractivity contribution in [2.24, 2.45) is 11.5 Å². The van der Waals surface area contributed by atoms with Crippen molar-refractivity contribution in [3.05, 3.63) is 0 Å². The molecule has 0 fully saturated rings. The third-order valence-corrected chi connectivity index (χ3v) is 1.86. The average molecular weight is 173 g/mol. The van der Waals surface area contributed by atoms with Gasteiger partial charge in [0.15, 0.2) is 0 Å². The van der Waals surface area contributed by atoms with Crippen LogP contribution < -0.4 is 11.5 Å². The number of hydrogen-bond donors (Lipinski definition) is 2. The van der Waals surface area contributed by atoms with Crippen molar-refractivity contribution in [1.29, 1.82) is 0 Å². The fourth-order valence-electron chi connectivity index (χ4n) is 1.30. The van der Waals surface area contributed by atoms with E-state index in [1.54, 1.807) is 0 Å². The Morgan fingerprint density at radius 2 is 1.50 bits per heavy atom. The zero-order chi connectivity index (χ0) is 9.40. The van der Waals surface area contributed by atoms with Crippen molar-refractivity contribution in [3.8, 4) is 0 Å². The van der Waals surface area contributed by atoms with E-state index in [4.69, 9.17) is 11.5 Å². The standard InChI is InChI=1S/C9H23N3/c1-3-6-12(7-4-2)8-5-9(10)11/h9H,3-8,10-11H2,1-2H3. The van der Waals surface area contributed by atoms with Gasteiger partial charge in [-0.1, -0.05) is 13.8 Å². The molecule has 0 saturated heterocycles. The first-order valence-electron chi connectivity index (χ1n) is 4.94. The second-order valence-corrected chi connectivity index (χ2v) is 3.29. The van der Waals surface area contributed by atoms with Crippen LogP contribution in [0.3, 0.4) is 0 Å². The van der Waals surface area contributed by atoms with Gasteiger partial charge in [-0.2, -0.15) is 0 Å². The van der Waals surface area contributed by atoms with Crippen LogP contribution in [0.15, 0.2) is 0 Å². The van der Waals surface area contributed by atoms with Crippen LogP contribution in [0, 0.1) is 0 Å². The predicted molar refractivity (Wildman–Crippen MR) is 53.8 cm³/mol. The molecule has 0 radical (unpaired) electrons. The van der Waals surface area contributed by atoms with E-state index in [0.29, 0.717) is 0 Å². The van der Waals surface area contributed by atoms with Gasteiger partial charge in [-0.05, 0) is 32.4 Å². The summed E-state index contributed by atoms with van der Waals surface area (Å²) in [4.78, 5) is 2.42. The molecule has 0 aliphatic carbocycles. The Morgan fingerprint density at radius 1 is 1.00 bits per heavy atom. The molecule has 0 saturated carbocycles. The van der Waals surface area contributed by atoms with Crippen molar-refractivity contribution in [1.82, 2.24) is 4.90 Å². The van der Waals surface area contributed by atoms with E-state index in [1.807, 2.05) is 0 Å². The molecule has 0 atom stereocenters. The lowest BCUT2D eigenvalue weighted by Gasteiger charge is -2.21. The highest BCUT2D eigenvalue weighted by Crippen LogP contribution is 1.96. The Balaban J connectivity index is 3.48. The van der Waals surface area contributed by atoms with Crippen LogP contribution >= 0.6 is 0 Å². The van der Waals surface area contributed by atoms with Crippen molar-refractivity contribution in [2.75, 3.05) is 19.6 Å². The maximum Gasteiger partial charge on any atom is 0.0533 e. The molecule has 0 unspecified atom stereocenters. The second-order valence-electron chi connectivity index (χ2n) is 3.29. The summed E-state index contributed by atoms with van der Waals surface area (Å²) in [5.41, 5.74) is 11.0. The Bertz CT molecular complexity index is 87.8. The number of nitrogens with two attached hydrogens (primary N) is 2. The van der Waals surface area contributed by atoms with Gasteiger partial charge < -0.3 is 16.4 Å². The fourth-order valence-corrected chi connectivity index (χ4v) is 1.30. The summed E-state index contributed by atoms with van der Waals surface area (Å²) in [7, 11) is 0. The first-order valence-corrected chi connectivity index (χ1v) is 4.94. The zero-order valence-corrected chi connectivity index (χ0v) is 8.42. The van der Waals surface area contributed by atoms with Crippen molar-refractivity contribution in [3.63, 3.8) is 0 Å². The van der Waals surface area contributed by atoms with E-state index >= 15 is 0 Å². The van der Waals surface area contributed by atoms with E-state index in [9.17, 15) is 0 Å². The maximum absolute atomic E-state index is 5.48. The Kier molecular flexibility index (Phi) is 7.45. The van der Waals surface area contributed by atoms with E-state index in [-0.39, 0.29) is 6.17 Å². The lowest BCUT2D eigenvalue weighted by Crippen LogP contribution is -2.36. The molecule has 0 aliphatic rings. The van der Waals surface area contributed by atoms with Crippen LogP contribution in [0.1, 0.15) is 33.1 Å². The van der Waals surface area contributed by atoms with Gasteiger partial charge in [0.25, 0.3) is 0 Å². The quantitative estimate of drug-likeness (QED) is 0.558. The number of hydrogen-bond acceptors (Lipinski definition) is 3. The SMILES string of the molecule is CCCN(CCC)CCC(N)N. The minimum Gasteiger partial charge on any atom is -0.316 e. The van der Waals surface area contributed by atoms with Crippen LogP contribution in [-0.2, 0) is 0 Å². The molecule has 0 bridgehead atoms. The molecular weight excluding hydrogens is 150 g/mol. The van der Waals surface area contributed by atoms with Gasteiger partial charge in [-0.15, -0.1) is 0 Å². The lowest BCUT2D eigenvalue weighted by molar-refractivity contribution is 0.264. The zero-order valence-electron chi connectivity index (χ0n) is 8.42. The van der Waals surface area contributed by atoms with Crippen LogP contribution in [0.5, 0.6) is 0 Å². The molecule has 0 aromatic heterocycles. The fraction of sp³-hybridized carbons (Fsp3) is 1.00.